The summed E-state index contributed by atoms with van der Waals surface area (Å²) in [5, 5.41) is 0. The van der Waals surface area contributed by atoms with Crippen LogP contribution in [0.3, 0.4) is 0 Å². The molecule has 1 aliphatic heterocycles. The molecule has 0 fully saturated rings. The Hall–Kier alpha value is -3.45. The van der Waals surface area contributed by atoms with Crippen LogP contribution in [-0.4, -0.2) is 25.7 Å². The summed E-state index contributed by atoms with van der Waals surface area (Å²) in [6.45, 7) is 0. The number of halogens is 2. The molecule has 4 aromatic rings. The minimum absolute atomic E-state index is 0.0142. The molecular formula is C24H16F2N2O2S. The van der Waals surface area contributed by atoms with Crippen LogP contribution in [-0.2, 0) is 10.8 Å². The number of H-pyrrole nitrogens is 1. The number of nitrogens with one attached hydrogen (secondary N) is 1. The van der Waals surface area contributed by atoms with Gasteiger partial charge in [-0.15, -0.1) is 0 Å². The fraction of sp³-hybridized carbons (Fsp3) is 0.0833. The van der Waals surface area contributed by atoms with Crippen LogP contribution in [0.5, 0.6) is 0 Å². The minimum atomic E-state index is -1.52. The number of hydrogen-bond acceptors (Lipinski definition) is 3. The van der Waals surface area contributed by atoms with Crippen molar-refractivity contribution >= 4 is 16.6 Å². The number of Topliss-reactive ketones (excluding diaryl/α,β-unsaturated/α-hetero) is 1. The van der Waals surface area contributed by atoms with E-state index in [-0.39, 0.29) is 34.2 Å². The van der Waals surface area contributed by atoms with Gasteiger partial charge in [0.1, 0.15) is 11.6 Å². The van der Waals surface area contributed by atoms with Crippen molar-refractivity contribution < 1.29 is 17.8 Å². The van der Waals surface area contributed by atoms with E-state index in [1.165, 1.54) is 18.2 Å². The summed E-state index contributed by atoms with van der Waals surface area (Å²) in [7, 11) is -1.52. The lowest BCUT2D eigenvalue weighted by Gasteiger charge is -2.16. The van der Waals surface area contributed by atoms with Crippen molar-refractivity contribution in [1.82, 2.24) is 9.97 Å². The van der Waals surface area contributed by atoms with Gasteiger partial charge in [-0.05, 0) is 65.7 Å². The number of aromatic nitrogens is 2. The van der Waals surface area contributed by atoms with Crippen molar-refractivity contribution in [2.45, 2.75) is 11.3 Å². The molecule has 1 N–H and O–H groups in total. The van der Waals surface area contributed by atoms with Gasteiger partial charge >= 0.3 is 0 Å². The molecule has 31 heavy (non-hydrogen) atoms. The summed E-state index contributed by atoms with van der Waals surface area (Å²) < 4.78 is 40.5. The maximum absolute atomic E-state index is 14.8. The summed E-state index contributed by atoms with van der Waals surface area (Å²) in [5.74, 6) is -1.06. The van der Waals surface area contributed by atoms with Gasteiger partial charge < -0.3 is 4.98 Å². The van der Waals surface area contributed by atoms with Gasteiger partial charge in [0.15, 0.2) is 5.78 Å². The number of benzene rings is 2. The number of ketones is 1. The molecule has 1 aliphatic rings. The fourth-order valence-electron chi connectivity index (χ4n) is 3.82. The smallest absolute Gasteiger partial charge is 0.165 e. The first-order valence-corrected chi connectivity index (χ1v) is 11.0. The first-order valence-electron chi connectivity index (χ1n) is 9.66. The molecule has 5 rings (SSSR count). The molecule has 0 radical (unpaired) electrons. The van der Waals surface area contributed by atoms with Crippen LogP contribution in [0.2, 0.25) is 0 Å². The number of fused-ring (bicyclic) bond motifs is 1. The van der Waals surface area contributed by atoms with Crippen molar-refractivity contribution in [3.05, 3.63) is 84.2 Å². The van der Waals surface area contributed by atoms with E-state index in [1.807, 2.05) is 18.2 Å². The van der Waals surface area contributed by atoms with Crippen LogP contribution in [0.4, 0.5) is 8.78 Å². The summed E-state index contributed by atoms with van der Waals surface area (Å²) in [5.41, 5.74) is 4.45. The number of pyridine rings is 1. The lowest BCUT2D eigenvalue weighted by molar-refractivity contribution is 0.0983. The molecule has 0 spiro atoms. The quantitative estimate of drug-likeness (QED) is 0.471. The van der Waals surface area contributed by atoms with E-state index in [2.05, 4.69) is 9.97 Å². The number of nitrogens with zero attached hydrogens (tertiary/aromatic N) is 1. The Labute approximate surface area is 179 Å². The lowest BCUT2D eigenvalue weighted by Crippen LogP contribution is -2.18. The molecule has 7 heteroatoms. The van der Waals surface area contributed by atoms with Crippen LogP contribution in [0, 0.1) is 11.6 Å². The zero-order valence-corrected chi connectivity index (χ0v) is 17.0. The van der Waals surface area contributed by atoms with Crippen LogP contribution < -0.4 is 0 Å². The van der Waals surface area contributed by atoms with Gasteiger partial charge in [-0.25, -0.2) is 8.78 Å². The monoisotopic (exact) mass is 434 g/mol. The third-order valence-corrected chi connectivity index (χ3v) is 6.78. The van der Waals surface area contributed by atoms with E-state index in [0.717, 1.165) is 22.4 Å². The normalized spacial score (nSPS) is 15.7. The SMILES string of the molecule is O=C1CCS(=O)c2c(F)cc(-c3cc(-c4ccncc4)c(-c4ccc(F)cc4)[nH]3)cc21. The molecule has 2 aromatic carbocycles. The van der Waals surface area contributed by atoms with Gasteiger partial charge in [0.05, 0.1) is 21.4 Å². The van der Waals surface area contributed by atoms with Gasteiger partial charge in [0.2, 0.25) is 0 Å². The second kappa shape index (κ2) is 7.67. The third-order valence-electron chi connectivity index (χ3n) is 5.34. The largest absolute Gasteiger partial charge is 0.354 e. The van der Waals surface area contributed by atoms with E-state index in [1.54, 1.807) is 30.6 Å². The van der Waals surface area contributed by atoms with Crippen molar-refractivity contribution in [1.29, 1.82) is 0 Å². The molecule has 1 unspecified atom stereocenters. The number of aromatic amines is 1. The maximum Gasteiger partial charge on any atom is 0.165 e. The molecule has 0 aliphatic carbocycles. The van der Waals surface area contributed by atoms with Crippen LogP contribution >= 0.6 is 0 Å². The zero-order valence-electron chi connectivity index (χ0n) is 16.2. The number of hydrogen-bond donors (Lipinski definition) is 1. The molecule has 154 valence electrons. The molecule has 1 atom stereocenters. The minimum Gasteiger partial charge on any atom is -0.354 e. The Morgan fingerprint density at radius 3 is 2.35 bits per heavy atom. The van der Waals surface area contributed by atoms with Crippen LogP contribution in [0.1, 0.15) is 16.8 Å². The van der Waals surface area contributed by atoms with Crippen LogP contribution in [0.15, 0.2) is 71.9 Å². The average molecular weight is 434 g/mol. The highest BCUT2D eigenvalue weighted by atomic mass is 32.2. The Kier molecular flexibility index (Phi) is 4.82. The highest BCUT2D eigenvalue weighted by molar-refractivity contribution is 7.85. The molecular weight excluding hydrogens is 418 g/mol. The van der Waals surface area contributed by atoms with Crippen molar-refractivity contribution in [3.63, 3.8) is 0 Å². The predicted molar refractivity (Wildman–Crippen MR) is 115 cm³/mol. The molecule has 3 heterocycles. The van der Waals surface area contributed by atoms with Gasteiger partial charge in [0.25, 0.3) is 0 Å². The highest BCUT2D eigenvalue weighted by Crippen LogP contribution is 2.37. The Morgan fingerprint density at radius 2 is 1.61 bits per heavy atom. The molecule has 0 amide bonds. The lowest BCUT2D eigenvalue weighted by atomic mass is 10.0. The molecule has 4 nitrogen and oxygen atoms in total. The Bertz CT molecular complexity index is 1330. The summed E-state index contributed by atoms with van der Waals surface area (Å²) >= 11 is 0. The van der Waals surface area contributed by atoms with E-state index in [0.29, 0.717) is 11.3 Å². The third kappa shape index (κ3) is 3.51. The van der Waals surface area contributed by atoms with Gasteiger partial charge in [-0.1, -0.05) is 0 Å². The van der Waals surface area contributed by atoms with Crippen molar-refractivity contribution in [2.75, 3.05) is 5.75 Å². The molecule has 0 saturated carbocycles. The summed E-state index contributed by atoms with van der Waals surface area (Å²) in [4.78, 5) is 19.7. The highest BCUT2D eigenvalue weighted by Gasteiger charge is 2.27. The number of rotatable bonds is 3. The van der Waals surface area contributed by atoms with E-state index >= 15 is 0 Å². The Balaban J connectivity index is 1.70. The van der Waals surface area contributed by atoms with E-state index in [4.69, 9.17) is 0 Å². The summed E-state index contributed by atoms with van der Waals surface area (Å²) in [6, 6.07) is 14.5. The topological polar surface area (TPSA) is 62.8 Å². The zero-order chi connectivity index (χ0) is 21.5. The molecule has 0 bridgehead atoms. The molecule has 0 saturated heterocycles. The van der Waals surface area contributed by atoms with Gasteiger partial charge in [0, 0.05) is 47.0 Å². The second-order valence-electron chi connectivity index (χ2n) is 7.27. The van der Waals surface area contributed by atoms with Gasteiger partial charge in [-0.2, -0.15) is 0 Å². The van der Waals surface area contributed by atoms with Crippen LogP contribution in [0.25, 0.3) is 33.6 Å². The number of carbonyl (C=O) groups is 1. The Morgan fingerprint density at radius 1 is 0.871 bits per heavy atom. The average Bonchev–Trinajstić information content (AvgIpc) is 3.23. The van der Waals surface area contributed by atoms with E-state index in [9.17, 15) is 17.8 Å². The first-order chi connectivity index (χ1) is 15.0. The summed E-state index contributed by atoms with van der Waals surface area (Å²) in [6.07, 6.45) is 3.47. The predicted octanol–water partition coefficient (Wildman–Crippen LogP) is 5.38. The standard InChI is InChI=1S/C24H16F2N2O2S/c25-17-3-1-15(2-4-17)23-18(14-5-8-27-9-6-14)13-21(28-23)16-11-19-22(29)7-10-31(30)24(19)20(26)12-16/h1-6,8-9,11-13,28H,7,10H2. The van der Waals surface area contributed by atoms with Crippen molar-refractivity contribution in [3.8, 4) is 33.6 Å². The maximum atomic E-state index is 14.8. The van der Waals surface area contributed by atoms with Gasteiger partial charge in [-0.3, -0.25) is 14.0 Å². The second-order valence-corrected chi connectivity index (χ2v) is 8.78. The van der Waals surface area contributed by atoms with Crippen molar-refractivity contribution in [2.24, 2.45) is 0 Å². The fourth-order valence-corrected chi connectivity index (χ4v) is 5.09. The first kappa shape index (κ1) is 19.5. The number of carbonyl (C=O) groups excluding carboxylic acids is 1. The molecule has 2 aromatic heterocycles. The van der Waals surface area contributed by atoms with E-state index < -0.39 is 16.6 Å².